The Morgan fingerprint density at radius 3 is 2.77 bits per heavy atom. The number of morpholine rings is 1. The van der Waals surface area contributed by atoms with Crippen molar-refractivity contribution in [1.82, 2.24) is 24.6 Å². The topological polar surface area (TPSA) is 79.3 Å². The fourth-order valence-corrected chi connectivity index (χ4v) is 4.49. The fourth-order valence-electron chi connectivity index (χ4n) is 4.49. The first-order valence-electron chi connectivity index (χ1n) is 10.5. The van der Waals surface area contributed by atoms with Crippen molar-refractivity contribution in [3.63, 3.8) is 0 Å². The number of hydrogen-bond acceptors (Lipinski definition) is 6. The average Bonchev–Trinajstić information content (AvgIpc) is 3.33. The monoisotopic (exact) mass is 408 g/mol. The van der Waals surface area contributed by atoms with Gasteiger partial charge in [0.1, 0.15) is 5.39 Å². The van der Waals surface area contributed by atoms with Crippen molar-refractivity contribution >= 4 is 17.0 Å². The molecule has 0 bridgehead atoms. The zero-order valence-electron chi connectivity index (χ0n) is 17.7. The second kappa shape index (κ2) is 7.21. The molecule has 1 aromatic carbocycles. The van der Waals surface area contributed by atoms with E-state index in [1.54, 1.807) is 6.20 Å². The van der Waals surface area contributed by atoms with E-state index in [1.807, 2.05) is 10.7 Å². The Morgan fingerprint density at radius 1 is 1.20 bits per heavy atom. The number of rotatable bonds is 3. The molecule has 8 heteroatoms. The van der Waals surface area contributed by atoms with E-state index in [2.05, 4.69) is 64.9 Å². The Balaban J connectivity index is 1.43. The number of nitrogens with one attached hydrogen (secondary N) is 1. The molecule has 8 nitrogen and oxygen atoms in total. The molecule has 2 atom stereocenters. The van der Waals surface area contributed by atoms with Crippen molar-refractivity contribution in [2.45, 2.75) is 45.0 Å². The van der Waals surface area contributed by atoms with Crippen LogP contribution >= 0.6 is 0 Å². The third kappa shape index (κ3) is 3.40. The summed E-state index contributed by atoms with van der Waals surface area (Å²) in [4.78, 5) is 25.1. The summed E-state index contributed by atoms with van der Waals surface area (Å²) in [7, 11) is 0. The fraction of sp³-hybridized carbons (Fsp3) is 0.500. The molecular weight excluding hydrogens is 380 g/mol. The second-order valence-electron chi connectivity index (χ2n) is 9.19. The number of fused-ring (bicyclic) bond motifs is 2. The van der Waals surface area contributed by atoms with Crippen LogP contribution in [0.1, 0.15) is 26.3 Å². The van der Waals surface area contributed by atoms with E-state index in [1.165, 1.54) is 5.56 Å². The van der Waals surface area contributed by atoms with Gasteiger partial charge in [-0.05, 0) is 26.3 Å². The summed E-state index contributed by atoms with van der Waals surface area (Å²) in [5.41, 5.74) is 1.52. The van der Waals surface area contributed by atoms with Crippen LogP contribution in [0.3, 0.4) is 0 Å². The Bertz CT molecular complexity index is 1100. The number of benzene rings is 1. The largest absolute Gasteiger partial charge is 0.373 e. The molecule has 0 aliphatic carbocycles. The maximum absolute atomic E-state index is 12.7. The molecule has 2 aliphatic heterocycles. The Kier molecular flexibility index (Phi) is 4.63. The Labute approximate surface area is 175 Å². The highest BCUT2D eigenvalue weighted by atomic mass is 16.5. The molecule has 2 unspecified atom stereocenters. The lowest BCUT2D eigenvalue weighted by Crippen LogP contribution is -2.50. The number of H-pyrrole nitrogens is 1. The first-order chi connectivity index (χ1) is 14.4. The SMILES string of the molecule is CC(C)(C)n1ncc2c(=O)[nH]c(N3CC4OCCN(Cc5ccccc5)C4C3)nc21. The van der Waals surface area contributed by atoms with Crippen molar-refractivity contribution in [2.75, 3.05) is 31.1 Å². The molecule has 2 saturated heterocycles. The summed E-state index contributed by atoms with van der Waals surface area (Å²) in [6, 6.07) is 10.8. The lowest BCUT2D eigenvalue weighted by atomic mass is 10.1. The van der Waals surface area contributed by atoms with Gasteiger partial charge in [0.05, 0.1) is 30.5 Å². The predicted molar refractivity (Wildman–Crippen MR) is 116 cm³/mol. The van der Waals surface area contributed by atoms with E-state index in [4.69, 9.17) is 9.72 Å². The van der Waals surface area contributed by atoms with Gasteiger partial charge in [-0.1, -0.05) is 30.3 Å². The summed E-state index contributed by atoms with van der Waals surface area (Å²) in [5, 5.41) is 4.93. The summed E-state index contributed by atoms with van der Waals surface area (Å²) < 4.78 is 7.90. The second-order valence-corrected chi connectivity index (χ2v) is 9.19. The van der Waals surface area contributed by atoms with Crippen LogP contribution in [-0.2, 0) is 16.8 Å². The highest BCUT2D eigenvalue weighted by Crippen LogP contribution is 2.27. The molecule has 158 valence electrons. The van der Waals surface area contributed by atoms with Crippen LogP contribution in [-0.4, -0.2) is 63.0 Å². The van der Waals surface area contributed by atoms with Gasteiger partial charge < -0.3 is 9.64 Å². The molecule has 5 rings (SSSR count). The first kappa shape index (κ1) is 19.3. The molecule has 4 heterocycles. The van der Waals surface area contributed by atoms with Gasteiger partial charge in [-0.25, -0.2) is 4.68 Å². The van der Waals surface area contributed by atoms with E-state index in [0.29, 0.717) is 23.5 Å². The van der Waals surface area contributed by atoms with Gasteiger partial charge in [-0.3, -0.25) is 14.7 Å². The minimum atomic E-state index is -0.256. The van der Waals surface area contributed by atoms with E-state index in [-0.39, 0.29) is 23.2 Å². The quantitative estimate of drug-likeness (QED) is 0.714. The summed E-state index contributed by atoms with van der Waals surface area (Å²) in [5.74, 6) is 0.594. The lowest BCUT2D eigenvalue weighted by molar-refractivity contribution is -0.0499. The Hall–Kier alpha value is -2.71. The third-order valence-electron chi connectivity index (χ3n) is 6.01. The normalized spacial score (nSPS) is 22.6. The molecule has 1 N–H and O–H groups in total. The molecule has 0 saturated carbocycles. The highest BCUT2D eigenvalue weighted by molar-refractivity contribution is 5.74. The summed E-state index contributed by atoms with van der Waals surface area (Å²) in [6.07, 6.45) is 1.71. The lowest BCUT2D eigenvalue weighted by Gasteiger charge is -2.36. The van der Waals surface area contributed by atoms with Crippen molar-refractivity contribution in [2.24, 2.45) is 0 Å². The smallest absolute Gasteiger partial charge is 0.263 e. The van der Waals surface area contributed by atoms with Gasteiger partial charge in [0.25, 0.3) is 5.56 Å². The van der Waals surface area contributed by atoms with E-state index >= 15 is 0 Å². The molecule has 2 aliphatic rings. The van der Waals surface area contributed by atoms with Gasteiger partial charge in [-0.15, -0.1) is 0 Å². The van der Waals surface area contributed by atoms with Crippen LogP contribution in [0.2, 0.25) is 0 Å². The van der Waals surface area contributed by atoms with Gasteiger partial charge in [0, 0.05) is 26.2 Å². The molecule has 0 spiro atoms. The number of aromatic amines is 1. The summed E-state index contributed by atoms with van der Waals surface area (Å²) >= 11 is 0. The molecule has 3 aromatic rings. The minimum absolute atomic E-state index is 0.107. The number of aromatic nitrogens is 4. The Morgan fingerprint density at radius 2 is 2.00 bits per heavy atom. The van der Waals surface area contributed by atoms with Gasteiger partial charge in [-0.2, -0.15) is 10.1 Å². The number of hydrogen-bond donors (Lipinski definition) is 1. The van der Waals surface area contributed by atoms with E-state index in [9.17, 15) is 4.79 Å². The van der Waals surface area contributed by atoms with Gasteiger partial charge in [0.2, 0.25) is 5.95 Å². The molecule has 2 fully saturated rings. The zero-order chi connectivity index (χ0) is 20.9. The predicted octanol–water partition coefficient (Wildman–Crippen LogP) is 1.96. The van der Waals surface area contributed by atoms with Crippen molar-refractivity contribution in [1.29, 1.82) is 0 Å². The molecule has 30 heavy (non-hydrogen) atoms. The van der Waals surface area contributed by atoms with Crippen LogP contribution in [0, 0.1) is 0 Å². The molecule has 0 amide bonds. The zero-order valence-corrected chi connectivity index (χ0v) is 17.7. The van der Waals surface area contributed by atoms with Crippen molar-refractivity contribution < 1.29 is 4.74 Å². The van der Waals surface area contributed by atoms with Crippen molar-refractivity contribution in [3.8, 4) is 0 Å². The van der Waals surface area contributed by atoms with Crippen LogP contribution in [0.5, 0.6) is 0 Å². The van der Waals surface area contributed by atoms with Crippen molar-refractivity contribution in [3.05, 3.63) is 52.4 Å². The third-order valence-corrected chi connectivity index (χ3v) is 6.01. The van der Waals surface area contributed by atoms with Gasteiger partial charge in [0.15, 0.2) is 5.65 Å². The standard InChI is InChI=1S/C22H28N6O2/c1-22(2,3)28-19-16(11-23-28)20(29)25-21(24-19)27-13-17-18(14-27)30-10-9-26(17)12-15-7-5-4-6-8-15/h4-8,11,17-18H,9-10,12-14H2,1-3H3,(H,24,25,29). The molecular formula is C22H28N6O2. The molecule has 2 aromatic heterocycles. The molecule has 0 radical (unpaired) electrons. The van der Waals surface area contributed by atoms with Crippen LogP contribution in [0.15, 0.2) is 41.3 Å². The average molecular weight is 409 g/mol. The van der Waals surface area contributed by atoms with E-state index < -0.39 is 0 Å². The van der Waals surface area contributed by atoms with Crippen LogP contribution < -0.4 is 10.5 Å². The van der Waals surface area contributed by atoms with Crippen LogP contribution in [0.25, 0.3) is 11.0 Å². The van der Waals surface area contributed by atoms with Gasteiger partial charge >= 0.3 is 0 Å². The maximum Gasteiger partial charge on any atom is 0.263 e. The highest BCUT2D eigenvalue weighted by Gasteiger charge is 2.41. The minimum Gasteiger partial charge on any atom is -0.373 e. The van der Waals surface area contributed by atoms with Crippen LogP contribution in [0.4, 0.5) is 5.95 Å². The van der Waals surface area contributed by atoms with E-state index in [0.717, 1.165) is 26.2 Å². The first-order valence-corrected chi connectivity index (χ1v) is 10.5. The number of anilines is 1. The maximum atomic E-state index is 12.7. The number of ether oxygens (including phenoxy) is 1. The summed E-state index contributed by atoms with van der Waals surface area (Å²) in [6.45, 7) is 10.2. The number of nitrogens with zero attached hydrogens (tertiary/aromatic N) is 5.